The lowest BCUT2D eigenvalue weighted by Gasteiger charge is -2.26. The van der Waals surface area contributed by atoms with Crippen molar-refractivity contribution in [1.82, 2.24) is 4.90 Å². The Labute approximate surface area is 182 Å². The number of imide groups is 1. The molecule has 0 aromatic heterocycles. The highest BCUT2D eigenvalue weighted by atomic mass is 16.5. The predicted octanol–water partition coefficient (Wildman–Crippen LogP) is 3.21. The van der Waals surface area contributed by atoms with Crippen LogP contribution in [0, 0.1) is 0 Å². The molecule has 0 saturated carbocycles. The summed E-state index contributed by atoms with van der Waals surface area (Å²) in [4.78, 5) is 40.7. The Morgan fingerprint density at radius 1 is 1.06 bits per heavy atom. The van der Waals surface area contributed by atoms with E-state index in [1.165, 1.54) is 11.8 Å². The van der Waals surface area contributed by atoms with Crippen LogP contribution in [0.5, 0.6) is 11.5 Å². The first-order valence-electron chi connectivity index (χ1n) is 10.4. The molecular formula is C24H28N2O5. The van der Waals surface area contributed by atoms with Gasteiger partial charge in [-0.1, -0.05) is 19.1 Å². The highest BCUT2D eigenvalue weighted by molar-refractivity contribution is 6.23. The Morgan fingerprint density at radius 2 is 1.71 bits per heavy atom. The van der Waals surface area contributed by atoms with E-state index in [2.05, 4.69) is 0 Å². The molecule has 3 rings (SSSR count). The van der Waals surface area contributed by atoms with Gasteiger partial charge in [-0.15, -0.1) is 0 Å². The zero-order valence-corrected chi connectivity index (χ0v) is 18.2. The number of ether oxygens (including phenoxy) is 2. The highest BCUT2D eigenvalue weighted by Crippen LogP contribution is 2.28. The molecule has 0 N–H and O–H groups in total. The lowest BCUT2D eigenvalue weighted by molar-refractivity contribution is -0.136. The second kappa shape index (κ2) is 10.1. The van der Waals surface area contributed by atoms with E-state index < -0.39 is 6.04 Å². The second-order valence-corrected chi connectivity index (χ2v) is 7.44. The Hall–Kier alpha value is -3.35. The Balaban J connectivity index is 1.70. The van der Waals surface area contributed by atoms with Crippen LogP contribution in [0.15, 0.2) is 48.5 Å². The SMILES string of the molecule is CCCOc1ccc(N2C(=O)C[C@@H](N(CCc3ccc(OC)cc3)C(C)=O)C2=O)cc1. The van der Waals surface area contributed by atoms with Gasteiger partial charge < -0.3 is 14.4 Å². The van der Waals surface area contributed by atoms with Crippen molar-refractivity contribution in [2.24, 2.45) is 0 Å². The van der Waals surface area contributed by atoms with Crippen molar-refractivity contribution in [3.63, 3.8) is 0 Å². The van der Waals surface area contributed by atoms with Crippen molar-refractivity contribution in [2.45, 2.75) is 39.2 Å². The maximum atomic E-state index is 13.1. The average Bonchev–Trinajstić information content (AvgIpc) is 3.06. The van der Waals surface area contributed by atoms with Gasteiger partial charge in [0, 0.05) is 13.5 Å². The molecule has 2 aromatic rings. The average molecular weight is 424 g/mol. The topological polar surface area (TPSA) is 76.2 Å². The summed E-state index contributed by atoms with van der Waals surface area (Å²) >= 11 is 0. The van der Waals surface area contributed by atoms with Crippen molar-refractivity contribution in [3.8, 4) is 11.5 Å². The molecule has 0 bridgehead atoms. The number of benzene rings is 2. The number of hydrogen-bond donors (Lipinski definition) is 0. The van der Waals surface area contributed by atoms with Crippen molar-refractivity contribution in [3.05, 3.63) is 54.1 Å². The number of anilines is 1. The van der Waals surface area contributed by atoms with Crippen LogP contribution in [0.25, 0.3) is 0 Å². The van der Waals surface area contributed by atoms with Gasteiger partial charge in [0.25, 0.3) is 5.91 Å². The number of carbonyl (C=O) groups is 3. The minimum Gasteiger partial charge on any atom is -0.497 e. The molecule has 31 heavy (non-hydrogen) atoms. The maximum absolute atomic E-state index is 13.1. The van der Waals surface area contributed by atoms with E-state index in [1.807, 2.05) is 31.2 Å². The van der Waals surface area contributed by atoms with E-state index in [4.69, 9.17) is 9.47 Å². The standard InChI is InChI=1S/C24H28N2O5/c1-4-15-31-21-11-7-19(8-12-21)26-23(28)16-22(24(26)29)25(17(2)27)14-13-18-5-9-20(30-3)10-6-18/h5-12,22H,4,13-16H2,1-3H3/t22-/m1/s1. The normalized spacial score (nSPS) is 15.8. The predicted molar refractivity (Wildman–Crippen MR) is 117 cm³/mol. The quantitative estimate of drug-likeness (QED) is 0.578. The van der Waals surface area contributed by atoms with Crippen LogP contribution in [0.4, 0.5) is 5.69 Å². The number of hydrogen-bond acceptors (Lipinski definition) is 5. The van der Waals surface area contributed by atoms with Crippen LogP contribution in [-0.2, 0) is 20.8 Å². The Kier molecular flexibility index (Phi) is 7.28. The summed E-state index contributed by atoms with van der Waals surface area (Å²) in [6, 6.07) is 13.6. The third-order valence-corrected chi connectivity index (χ3v) is 5.27. The molecule has 1 heterocycles. The fraction of sp³-hybridized carbons (Fsp3) is 0.375. The van der Waals surface area contributed by atoms with Gasteiger partial charge in [0.05, 0.1) is 25.8 Å². The fourth-order valence-electron chi connectivity index (χ4n) is 3.62. The summed E-state index contributed by atoms with van der Waals surface area (Å²) in [5, 5.41) is 0. The lowest BCUT2D eigenvalue weighted by Crippen LogP contribution is -2.45. The molecule has 1 saturated heterocycles. The minimum atomic E-state index is -0.792. The Bertz CT molecular complexity index is 924. The second-order valence-electron chi connectivity index (χ2n) is 7.44. The first-order chi connectivity index (χ1) is 14.9. The maximum Gasteiger partial charge on any atom is 0.257 e. The van der Waals surface area contributed by atoms with Crippen molar-refractivity contribution in [1.29, 1.82) is 0 Å². The van der Waals surface area contributed by atoms with Gasteiger partial charge in [0.2, 0.25) is 11.8 Å². The number of rotatable bonds is 9. The summed E-state index contributed by atoms with van der Waals surface area (Å²) in [6.07, 6.45) is 1.45. The van der Waals surface area contributed by atoms with Gasteiger partial charge in [-0.05, 0) is 54.8 Å². The van der Waals surface area contributed by atoms with Crippen molar-refractivity contribution in [2.75, 3.05) is 25.2 Å². The number of methoxy groups -OCH3 is 1. The third-order valence-electron chi connectivity index (χ3n) is 5.27. The van der Waals surface area contributed by atoms with Crippen molar-refractivity contribution >= 4 is 23.4 Å². The molecule has 7 nitrogen and oxygen atoms in total. The van der Waals surface area contributed by atoms with Gasteiger partial charge in [-0.2, -0.15) is 0 Å². The van der Waals surface area contributed by atoms with Crippen LogP contribution >= 0.6 is 0 Å². The molecular weight excluding hydrogens is 396 g/mol. The molecule has 1 aliphatic rings. The summed E-state index contributed by atoms with van der Waals surface area (Å²) < 4.78 is 10.7. The molecule has 3 amide bonds. The molecule has 1 aliphatic heterocycles. The van der Waals surface area contributed by atoms with Crippen LogP contribution in [0.3, 0.4) is 0 Å². The number of nitrogens with zero attached hydrogens (tertiary/aromatic N) is 2. The summed E-state index contributed by atoms with van der Waals surface area (Å²) in [5.74, 6) is 0.520. The number of carbonyl (C=O) groups excluding carboxylic acids is 3. The third kappa shape index (κ3) is 5.23. The van der Waals surface area contributed by atoms with E-state index in [9.17, 15) is 14.4 Å². The molecule has 0 unspecified atom stereocenters. The van der Waals surface area contributed by atoms with Crippen LogP contribution in [0.1, 0.15) is 32.3 Å². The van der Waals surface area contributed by atoms with E-state index in [-0.39, 0.29) is 24.1 Å². The fourth-order valence-corrected chi connectivity index (χ4v) is 3.62. The van der Waals surface area contributed by atoms with E-state index in [0.29, 0.717) is 31.0 Å². The molecule has 0 radical (unpaired) electrons. The molecule has 1 fully saturated rings. The summed E-state index contributed by atoms with van der Waals surface area (Å²) in [7, 11) is 1.60. The zero-order chi connectivity index (χ0) is 22.4. The molecule has 2 aromatic carbocycles. The smallest absolute Gasteiger partial charge is 0.257 e. The highest BCUT2D eigenvalue weighted by Gasteiger charge is 2.43. The van der Waals surface area contributed by atoms with Gasteiger partial charge >= 0.3 is 0 Å². The minimum absolute atomic E-state index is 0.0187. The first kappa shape index (κ1) is 22.3. The van der Waals surface area contributed by atoms with E-state index in [1.54, 1.807) is 31.4 Å². The van der Waals surface area contributed by atoms with Crippen molar-refractivity contribution < 1.29 is 23.9 Å². The Morgan fingerprint density at radius 3 is 2.29 bits per heavy atom. The zero-order valence-electron chi connectivity index (χ0n) is 18.2. The van der Waals surface area contributed by atoms with Gasteiger partial charge in [-0.25, -0.2) is 4.90 Å². The number of amides is 3. The first-order valence-corrected chi connectivity index (χ1v) is 10.4. The summed E-state index contributed by atoms with van der Waals surface area (Å²) in [6.45, 7) is 4.40. The van der Waals surface area contributed by atoms with Crippen LogP contribution in [-0.4, -0.2) is 48.9 Å². The molecule has 7 heteroatoms. The molecule has 0 aliphatic carbocycles. The van der Waals surface area contributed by atoms with E-state index in [0.717, 1.165) is 22.6 Å². The monoisotopic (exact) mass is 424 g/mol. The molecule has 1 atom stereocenters. The van der Waals surface area contributed by atoms with Gasteiger partial charge in [0.15, 0.2) is 0 Å². The van der Waals surface area contributed by atoms with E-state index >= 15 is 0 Å². The molecule has 0 spiro atoms. The van der Waals surface area contributed by atoms with Crippen LogP contribution in [0.2, 0.25) is 0 Å². The van der Waals surface area contributed by atoms with Gasteiger partial charge in [0.1, 0.15) is 17.5 Å². The van der Waals surface area contributed by atoms with Crippen LogP contribution < -0.4 is 14.4 Å². The largest absolute Gasteiger partial charge is 0.497 e. The lowest BCUT2D eigenvalue weighted by atomic mass is 10.1. The molecule has 164 valence electrons. The summed E-state index contributed by atoms with van der Waals surface area (Å²) in [5.41, 5.74) is 1.50. The van der Waals surface area contributed by atoms with Gasteiger partial charge in [-0.3, -0.25) is 14.4 Å².